The number of fused-ring (bicyclic) bond motifs is 11. The summed E-state index contributed by atoms with van der Waals surface area (Å²) in [5.74, 6) is 0.563. The molecular weight excluding hydrogens is 1640 g/mol. The van der Waals surface area contributed by atoms with E-state index >= 15 is 0 Å². The molecule has 0 aromatic heterocycles. The van der Waals surface area contributed by atoms with Crippen molar-refractivity contribution in [3.63, 3.8) is 0 Å². The molecule has 0 bridgehead atoms. The van der Waals surface area contributed by atoms with Crippen LogP contribution in [0.5, 0.6) is 11.5 Å². The third kappa shape index (κ3) is 18.9. The molecule has 7 aromatic carbocycles. The van der Waals surface area contributed by atoms with Crippen LogP contribution in [0, 0.1) is 23.7 Å². The van der Waals surface area contributed by atoms with Crippen molar-refractivity contribution in [3.05, 3.63) is 202 Å². The molecule has 1 aliphatic carbocycles. The Morgan fingerprint density at radius 2 is 1.02 bits per heavy atom. The van der Waals surface area contributed by atoms with Crippen molar-refractivity contribution in [2.45, 2.75) is 232 Å². The Labute approximate surface area is 761 Å². The van der Waals surface area contributed by atoms with Gasteiger partial charge < -0.3 is 63.6 Å². The monoisotopic (exact) mass is 1760 g/mol. The van der Waals surface area contributed by atoms with Crippen molar-refractivity contribution in [2.75, 3.05) is 54.7 Å². The number of nitrogens with one attached hydrogen (secondary N) is 2. The Morgan fingerprint density at radius 3 is 1.53 bits per heavy atom. The third-order valence-corrected chi connectivity index (χ3v) is 27.8. The van der Waals surface area contributed by atoms with Gasteiger partial charge in [0.05, 0.1) is 69.1 Å². The summed E-state index contributed by atoms with van der Waals surface area (Å²) in [6.07, 6.45) is 11.9. The highest BCUT2D eigenvalue weighted by Crippen LogP contribution is 2.50. The highest BCUT2D eigenvalue weighted by atomic mass is 16.6. The van der Waals surface area contributed by atoms with Crippen LogP contribution in [-0.4, -0.2) is 198 Å². The maximum atomic E-state index is 14.1. The second-order valence-corrected chi connectivity index (χ2v) is 38.3. The van der Waals surface area contributed by atoms with Gasteiger partial charge in [0.2, 0.25) is 17.7 Å². The number of aliphatic imine (C=N–C) groups is 4. The number of amides is 6. The lowest BCUT2D eigenvalue weighted by molar-refractivity contribution is -0.138. The molecule has 6 amide bonds. The van der Waals surface area contributed by atoms with Crippen LogP contribution in [0.25, 0.3) is 49.7 Å². The number of alkyl carbamates (subject to hydrolysis) is 2. The van der Waals surface area contributed by atoms with Gasteiger partial charge in [0.1, 0.15) is 42.4 Å². The second-order valence-electron chi connectivity index (χ2n) is 38.3. The molecule has 11 aliphatic rings. The van der Waals surface area contributed by atoms with Crippen LogP contribution >= 0.6 is 0 Å². The number of likely N-dealkylation sites (tertiary alicyclic amines) is 4. The molecule has 10 heterocycles. The highest BCUT2D eigenvalue weighted by Gasteiger charge is 2.48. The number of benzene rings is 7. The quantitative estimate of drug-likeness (QED) is 0.0598. The van der Waals surface area contributed by atoms with Gasteiger partial charge in [-0.15, -0.1) is 0 Å². The molecule has 7 aromatic rings. The molecule has 0 spiro atoms. The number of carbonyl (C=O) groups is 7. The Hall–Kier alpha value is -12.1. The number of methoxy groups -OCH3 is 4. The van der Waals surface area contributed by atoms with Crippen LogP contribution in [0.2, 0.25) is 0 Å². The number of carbonyl (C=O) groups excluding carboxylic acids is 6. The largest absolute Gasteiger partial charge is 0.488 e. The van der Waals surface area contributed by atoms with Gasteiger partial charge in [-0.05, 0) is 243 Å². The van der Waals surface area contributed by atoms with Crippen molar-refractivity contribution < 1.29 is 71.8 Å². The van der Waals surface area contributed by atoms with E-state index in [9.17, 15) is 33.6 Å². The number of allylic oxidation sites excluding steroid dienone is 4. The fraction of sp³-hybridized carbons (Fsp3) is 0.457. The van der Waals surface area contributed by atoms with Gasteiger partial charge in [0, 0.05) is 129 Å². The van der Waals surface area contributed by atoms with E-state index in [1.165, 1.54) is 36.5 Å². The number of rotatable bonds is 20. The SMILES string of the molecule is COC[C@H]1C[C@@H](C2=NC3=C(C2)c2cc4c(cc2CC3)-c2ccc(C3=CN=C([C@@H]5CC[C@H](C)N5C(=O)[C@@H](NC(=O)OC)C(C)C)C3)cc2CO4)N(C(=O)[C@H](C)c2ccccc2)C1.COC[C@H]1C[C@@H](C2=Nc3ccc4cc5c(cc4c3C2)OCc2cc(C3=CN=C([C@@H]4CC[C@H](C)N4C(=O)[C@@H](NC(=O)OC)C(C)C)C3)ccc2-5)N(C(=O)OC(C)(C)C)C1.C[C@@H](C(=O)O)c1ccccc1. The minimum Gasteiger partial charge on any atom is -0.488 e. The predicted molar refractivity (Wildman–Crippen MR) is 505 cm³/mol. The van der Waals surface area contributed by atoms with Crippen molar-refractivity contribution in [3.8, 4) is 33.8 Å². The first kappa shape index (κ1) is 91.2. The Morgan fingerprint density at radius 1 is 0.508 bits per heavy atom. The summed E-state index contributed by atoms with van der Waals surface area (Å²) in [7, 11) is 6.06. The maximum absolute atomic E-state index is 14.1. The van der Waals surface area contributed by atoms with Gasteiger partial charge in [-0.1, -0.05) is 119 Å². The van der Waals surface area contributed by atoms with Crippen LogP contribution in [0.4, 0.5) is 20.1 Å². The summed E-state index contributed by atoms with van der Waals surface area (Å²) < 4.78 is 39.6. The minimum atomic E-state index is -0.781. The summed E-state index contributed by atoms with van der Waals surface area (Å²) >= 11 is 0. The molecule has 18 rings (SSSR count). The predicted octanol–water partition coefficient (Wildman–Crippen LogP) is 18.5. The molecule has 3 N–H and O–H groups in total. The van der Waals surface area contributed by atoms with Crippen LogP contribution < -0.4 is 20.1 Å². The van der Waals surface area contributed by atoms with Gasteiger partial charge in [-0.25, -0.2) is 14.4 Å². The van der Waals surface area contributed by atoms with Crippen LogP contribution in [-0.2, 0) is 68.9 Å². The molecule has 4 fully saturated rings. The van der Waals surface area contributed by atoms with E-state index in [1.54, 1.807) is 21.1 Å². The molecule has 0 radical (unpaired) electrons. The molecule has 0 unspecified atom stereocenters. The molecule has 25 heteroatoms. The molecule has 0 saturated carbocycles. The Kier molecular flexibility index (Phi) is 27.0. The standard InChI is InChI=1S/C50H57N5O6.C46H55N5O7.C9H10O2/c1-28(2)47(53-50(58)60-6)49(57)55-29(3)12-17-44(55)42-21-35(24-51-42)33-13-15-37-36(19-33)27-61-46-23-38-34(20-40(37)46)14-16-41-39(38)22-43(52-41)45-18-31(26-59-5)25-54(45)48(56)30(4)32-10-8-7-9-11-32;1-25(2)42(49-44(53)56-8)43(52)51-26(3)9-14-39(51)37-18-30(21-47-37)28-10-12-32-31(16-28)24-57-41-20-33-29(17-35(32)41)11-13-36-34(33)19-38(48-36)40-15-27(23-55-7)22-50(40)45(54)58-46(4,5)6;1-7(9(10)11)8-5-3-2-4-6-8/h7-11,13,15,19-20,23-24,28-31,44-45,47H,12,14,16-18,21-22,25-27H2,1-6H3,(H,53,58);10-13,16-17,20-21,25-27,39-40,42H,9,14-15,18-19,22-24H2,1-8H3,(H,49,53);2-7H,1H3,(H,10,11)/t29-,30+,31-,44-,45-,47-;26-,27-,39-,40-,42-;7-/m001/s1. The Balaban J connectivity index is 0.000000170. The molecule has 25 nitrogen and oxygen atoms in total. The molecule has 130 heavy (non-hydrogen) atoms. The number of nitrogens with zero attached hydrogens (tertiary/aromatic N) is 8. The third-order valence-electron chi connectivity index (χ3n) is 27.8. The molecule has 4 saturated heterocycles. The van der Waals surface area contributed by atoms with E-state index in [-0.39, 0.29) is 89.7 Å². The van der Waals surface area contributed by atoms with E-state index in [4.69, 9.17) is 58.2 Å². The fourth-order valence-corrected chi connectivity index (χ4v) is 20.9. The van der Waals surface area contributed by atoms with Crippen LogP contribution in [0.15, 0.2) is 172 Å². The molecule has 12 atom stereocenters. The van der Waals surface area contributed by atoms with E-state index < -0.39 is 41.8 Å². The van der Waals surface area contributed by atoms with Gasteiger partial charge >= 0.3 is 24.2 Å². The zero-order valence-electron chi connectivity index (χ0n) is 77.4. The Bertz CT molecular complexity index is 5800. The van der Waals surface area contributed by atoms with Crippen LogP contribution in [0.1, 0.15) is 202 Å². The maximum Gasteiger partial charge on any atom is 0.410 e. The summed E-state index contributed by atoms with van der Waals surface area (Å²) in [6.45, 7) is 24.6. The lowest BCUT2D eigenvalue weighted by Crippen LogP contribution is -2.55. The smallest absolute Gasteiger partial charge is 0.410 e. The summed E-state index contributed by atoms with van der Waals surface area (Å²) in [4.78, 5) is 118. The lowest BCUT2D eigenvalue weighted by atomic mass is 9.83. The number of hydrogen-bond acceptors (Lipinski definition) is 18. The number of carboxylic acids is 1. The average Bonchev–Trinajstić information content (AvgIpc) is 1.54. The average molecular weight is 1760 g/mol. The van der Waals surface area contributed by atoms with Crippen molar-refractivity contribution in [2.24, 2.45) is 43.6 Å². The summed E-state index contributed by atoms with van der Waals surface area (Å²) in [5, 5.41) is 16.4. The number of ether oxygens (including phenoxy) is 7. The number of hydrogen-bond donors (Lipinski definition) is 3. The summed E-state index contributed by atoms with van der Waals surface area (Å²) in [5.41, 5.74) is 23.5. The van der Waals surface area contributed by atoms with E-state index in [1.807, 2.05) is 143 Å². The van der Waals surface area contributed by atoms with Crippen molar-refractivity contribution >= 4 is 98.0 Å². The number of carboxylic acid groups (broad SMARTS) is 1. The van der Waals surface area contributed by atoms with Crippen molar-refractivity contribution in [1.82, 2.24) is 30.2 Å². The molecule has 682 valence electrons. The first-order valence-electron chi connectivity index (χ1n) is 46.1. The van der Waals surface area contributed by atoms with E-state index in [0.29, 0.717) is 58.8 Å². The zero-order chi connectivity index (χ0) is 91.8. The van der Waals surface area contributed by atoms with Gasteiger partial charge in [0.15, 0.2) is 0 Å². The highest BCUT2D eigenvalue weighted by molar-refractivity contribution is 6.09. The topological polar surface area (TPSA) is 291 Å². The van der Waals surface area contributed by atoms with Gasteiger partial charge in [-0.3, -0.25) is 44.0 Å². The number of aryl methyl sites for hydroxylation is 1. The summed E-state index contributed by atoms with van der Waals surface area (Å²) in [6, 6.07) is 43.9. The zero-order valence-corrected chi connectivity index (χ0v) is 77.4. The molecule has 10 aliphatic heterocycles. The van der Waals surface area contributed by atoms with Crippen LogP contribution in [0.3, 0.4) is 0 Å². The first-order valence-corrected chi connectivity index (χ1v) is 46.1. The first-order chi connectivity index (χ1) is 62.5. The number of aliphatic carboxylic acids is 1. The van der Waals surface area contributed by atoms with Gasteiger partial charge in [-0.2, -0.15) is 0 Å². The second kappa shape index (κ2) is 38.5. The lowest BCUT2D eigenvalue weighted by Gasteiger charge is -2.33. The minimum absolute atomic E-state index is 0.0355. The fourth-order valence-electron chi connectivity index (χ4n) is 20.9. The van der Waals surface area contributed by atoms with E-state index in [2.05, 4.69) is 102 Å². The van der Waals surface area contributed by atoms with Gasteiger partial charge in [0.25, 0.3) is 0 Å². The van der Waals surface area contributed by atoms with E-state index in [0.717, 1.165) is 181 Å². The molecular formula is C105H122N10O15. The van der Waals surface area contributed by atoms with Crippen molar-refractivity contribution in [1.29, 1.82) is 0 Å². The normalized spacial score (nSPS) is 22.3.